The highest BCUT2D eigenvalue weighted by atomic mass is 16.5. The summed E-state index contributed by atoms with van der Waals surface area (Å²) in [5.41, 5.74) is 0.770. The lowest BCUT2D eigenvalue weighted by Gasteiger charge is -2.24. The van der Waals surface area contributed by atoms with Gasteiger partial charge in [-0.1, -0.05) is 0 Å². The first kappa shape index (κ1) is 10.5. The molecule has 0 radical (unpaired) electrons. The van der Waals surface area contributed by atoms with Gasteiger partial charge in [-0.25, -0.2) is 9.97 Å². The smallest absolute Gasteiger partial charge is 0.115 e. The first-order valence-corrected chi connectivity index (χ1v) is 5.41. The Hall–Kier alpha value is -1.00. The number of aliphatic hydroxyl groups is 1. The summed E-state index contributed by atoms with van der Waals surface area (Å²) in [6.45, 7) is 0.822. The van der Waals surface area contributed by atoms with Gasteiger partial charge in [-0.05, 0) is 19.3 Å². The van der Waals surface area contributed by atoms with Crippen LogP contribution in [0.15, 0.2) is 18.7 Å². The summed E-state index contributed by atoms with van der Waals surface area (Å²) in [6, 6.07) is 0. The summed E-state index contributed by atoms with van der Waals surface area (Å²) >= 11 is 0. The van der Waals surface area contributed by atoms with Crippen LogP contribution in [0.4, 0.5) is 0 Å². The molecule has 4 nitrogen and oxygen atoms in total. The van der Waals surface area contributed by atoms with Crippen molar-refractivity contribution in [3.63, 3.8) is 0 Å². The molecule has 0 bridgehead atoms. The van der Waals surface area contributed by atoms with Crippen LogP contribution in [0.1, 0.15) is 37.4 Å². The van der Waals surface area contributed by atoms with Crippen molar-refractivity contribution < 1.29 is 9.84 Å². The van der Waals surface area contributed by atoms with Crippen molar-refractivity contribution in [3.8, 4) is 0 Å². The Bertz CT molecular complexity index is 286. The van der Waals surface area contributed by atoms with Gasteiger partial charge in [-0.15, -0.1) is 0 Å². The lowest BCUT2D eigenvalue weighted by Crippen LogP contribution is -2.21. The molecule has 1 aliphatic heterocycles. The Labute approximate surface area is 89.3 Å². The van der Waals surface area contributed by atoms with Crippen LogP contribution in [0.2, 0.25) is 0 Å². The van der Waals surface area contributed by atoms with Crippen LogP contribution in [-0.2, 0) is 4.74 Å². The van der Waals surface area contributed by atoms with E-state index in [0.29, 0.717) is 6.42 Å². The molecule has 2 atom stereocenters. The second-order valence-corrected chi connectivity index (χ2v) is 3.91. The molecule has 0 aromatic carbocycles. The van der Waals surface area contributed by atoms with E-state index in [2.05, 4.69) is 9.97 Å². The lowest BCUT2D eigenvalue weighted by atomic mass is 10.0. The molecule has 1 aromatic heterocycles. The Morgan fingerprint density at radius 2 is 2.20 bits per heavy atom. The van der Waals surface area contributed by atoms with E-state index in [1.807, 2.05) is 0 Å². The van der Waals surface area contributed by atoms with E-state index in [1.165, 1.54) is 12.7 Å². The zero-order valence-corrected chi connectivity index (χ0v) is 8.67. The first-order chi connectivity index (χ1) is 7.36. The van der Waals surface area contributed by atoms with E-state index in [4.69, 9.17) is 4.74 Å². The standard InChI is InChI=1S/C11H16N2O2/c14-11(9-6-12-8-13-7-9)5-10-3-1-2-4-15-10/h6-8,10-11,14H,1-5H2. The molecule has 2 heterocycles. The molecular weight excluding hydrogens is 192 g/mol. The number of hydrogen-bond donors (Lipinski definition) is 1. The summed E-state index contributed by atoms with van der Waals surface area (Å²) in [5, 5.41) is 9.91. The minimum absolute atomic E-state index is 0.189. The Morgan fingerprint density at radius 3 is 2.87 bits per heavy atom. The summed E-state index contributed by atoms with van der Waals surface area (Å²) < 4.78 is 5.57. The minimum atomic E-state index is -0.505. The fourth-order valence-electron chi connectivity index (χ4n) is 1.86. The second-order valence-electron chi connectivity index (χ2n) is 3.91. The van der Waals surface area contributed by atoms with E-state index in [0.717, 1.165) is 25.0 Å². The van der Waals surface area contributed by atoms with Crippen LogP contribution in [0.3, 0.4) is 0 Å². The van der Waals surface area contributed by atoms with Gasteiger partial charge in [0.25, 0.3) is 0 Å². The maximum Gasteiger partial charge on any atom is 0.115 e. The molecule has 15 heavy (non-hydrogen) atoms. The summed E-state index contributed by atoms with van der Waals surface area (Å²) in [4.78, 5) is 7.77. The largest absolute Gasteiger partial charge is 0.388 e. The predicted molar refractivity (Wildman–Crippen MR) is 55.2 cm³/mol. The molecule has 82 valence electrons. The molecule has 1 aliphatic rings. The molecule has 0 spiro atoms. The Kier molecular flexibility index (Phi) is 3.64. The third-order valence-corrected chi connectivity index (χ3v) is 2.73. The van der Waals surface area contributed by atoms with Gasteiger partial charge in [-0.3, -0.25) is 0 Å². The Balaban J connectivity index is 1.88. The van der Waals surface area contributed by atoms with Gasteiger partial charge >= 0.3 is 0 Å². The molecule has 0 aliphatic carbocycles. The van der Waals surface area contributed by atoms with Crippen molar-refractivity contribution in [2.45, 2.75) is 37.9 Å². The van der Waals surface area contributed by atoms with Crippen LogP contribution in [0.25, 0.3) is 0 Å². The molecule has 2 unspecified atom stereocenters. The maximum absolute atomic E-state index is 9.91. The maximum atomic E-state index is 9.91. The highest BCUT2D eigenvalue weighted by Gasteiger charge is 2.19. The lowest BCUT2D eigenvalue weighted by molar-refractivity contribution is -0.0156. The van der Waals surface area contributed by atoms with Crippen molar-refractivity contribution >= 4 is 0 Å². The monoisotopic (exact) mass is 208 g/mol. The third-order valence-electron chi connectivity index (χ3n) is 2.73. The molecule has 4 heteroatoms. The SMILES string of the molecule is OC(CC1CCCCO1)c1cncnc1. The van der Waals surface area contributed by atoms with Gasteiger partial charge < -0.3 is 9.84 Å². The van der Waals surface area contributed by atoms with Crippen LogP contribution in [-0.4, -0.2) is 27.8 Å². The molecule has 1 N–H and O–H groups in total. The minimum Gasteiger partial charge on any atom is -0.388 e. The normalized spacial score (nSPS) is 23.7. The summed E-state index contributed by atoms with van der Waals surface area (Å²) in [5.74, 6) is 0. The van der Waals surface area contributed by atoms with Crippen molar-refractivity contribution in [3.05, 3.63) is 24.3 Å². The van der Waals surface area contributed by atoms with Crippen LogP contribution >= 0.6 is 0 Å². The van der Waals surface area contributed by atoms with E-state index >= 15 is 0 Å². The fourth-order valence-corrected chi connectivity index (χ4v) is 1.86. The second kappa shape index (κ2) is 5.19. The van der Waals surface area contributed by atoms with Crippen molar-refractivity contribution in [2.75, 3.05) is 6.61 Å². The van der Waals surface area contributed by atoms with Crippen molar-refractivity contribution in [1.29, 1.82) is 0 Å². The summed E-state index contributed by atoms with van der Waals surface area (Å²) in [6.07, 6.45) is 8.49. The van der Waals surface area contributed by atoms with Crippen LogP contribution < -0.4 is 0 Å². The van der Waals surface area contributed by atoms with Gasteiger partial charge in [0.05, 0.1) is 12.2 Å². The van der Waals surface area contributed by atoms with Gasteiger partial charge in [-0.2, -0.15) is 0 Å². The molecule has 0 amide bonds. The van der Waals surface area contributed by atoms with Crippen LogP contribution in [0.5, 0.6) is 0 Å². The zero-order chi connectivity index (χ0) is 10.5. The highest BCUT2D eigenvalue weighted by Crippen LogP contribution is 2.23. The number of hydrogen-bond acceptors (Lipinski definition) is 4. The molecular formula is C11H16N2O2. The van der Waals surface area contributed by atoms with Crippen molar-refractivity contribution in [2.24, 2.45) is 0 Å². The van der Waals surface area contributed by atoms with Gasteiger partial charge in [0.15, 0.2) is 0 Å². The number of rotatable bonds is 3. The van der Waals surface area contributed by atoms with E-state index in [-0.39, 0.29) is 6.10 Å². The van der Waals surface area contributed by atoms with E-state index in [1.54, 1.807) is 12.4 Å². The summed E-state index contributed by atoms with van der Waals surface area (Å²) in [7, 11) is 0. The molecule has 1 fully saturated rings. The highest BCUT2D eigenvalue weighted by molar-refractivity contribution is 5.06. The number of aliphatic hydroxyl groups excluding tert-OH is 1. The third kappa shape index (κ3) is 2.97. The van der Waals surface area contributed by atoms with Gasteiger partial charge in [0, 0.05) is 31.0 Å². The van der Waals surface area contributed by atoms with E-state index in [9.17, 15) is 5.11 Å². The molecule has 1 aromatic rings. The number of nitrogens with zero attached hydrogens (tertiary/aromatic N) is 2. The number of aromatic nitrogens is 2. The average Bonchev–Trinajstić information content (AvgIpc) is 2.31. The molecule has 0 saturated carbocycles. The van der Waals surface area contributed by atoms with E-state index < -0.39 is 6.10 Å². The predicted octanol–water partition coefficient (Wildman–Crippen LogP) is 1.47. The van der Waals surface area contributed by atoms with Crippen molar-refractivity contribution in [1.82, 2.24) is 9.97 Å². The topological polar surface area (TPSA) is 55.2 Å². The average molecular weight is 208 g/mol. The fraction of sp³-hybridized carbons (Fsp3) is 0.636. The van der Waals surface area contributed by atoms with Gasteiger partial charge in [0.2, 0.25) is 0 Å². The Morgan fingerprint density at radius 1 is 1.40 bits per heavy atom. The van der Waals surface area contributed by atoms with Crippen LogP contribution in [0, 0.1) is 0 Å². The molecule has 2 rings (SSSR count). The molecule has 1 saturated heterocycles. The zero-order valence-electron chi connectivity index (χ0n) is 8.67. The first-order valence-electron chi connectivity index (χ1n) is 5.41. The van der Waals surface area contributed by atoms with Gasteiger partial charge in [0.1, 0.15) is 6.33 Å². The number of ether oxygens (including phenoxy) is 1. The quantitative estimate of drug-likeness (QED) is 0.817.